The standard InChI is InChI=1S/C4H9NO2/c1-3(6)4(7)2-5/h2-7H,1H3. The molecule has 2 unspecified atom stereocenters. The zero-order valence-corrected chi connectivity index (χ0v) is 4.13. The fourth-order valence-corrected chi connectivity index (χ4v) is 0.139. The molecule has 0 heterocycles. The van der Waals surface area contributed by atoms with Crippen molar-refractivity contribution in [3.8, 4) is 0 Å². The van der Waals surface area contributed by atoms with E-state index in [0.717, 1.165) is 6.21 Å². The van der Waals surface area contributed by atoms with Crippen LogP contribution in [0.4, 0.5) is 0 Å². The van der Waals surface area contributed by atoms with Gasteiger partial charge in [0.2, 0.25) is 0 Å². The Morgan fingerprint density at radius 1 is 1.57 bits per heavy atom. The smallest absolute Gasteiger partial charge is 0.114 e. The third-order valence-electron chi connectivity index (χ3n) is 0.665. The van der Waals surface area contributed by atoms with Crippen molar-refractivity contribution in [1.82, 2.24) is 0 Å². The normalized spacial score (nSPS) is 18.1. The van der Waals surface area contributed by atoms with Crippen LogP contribution in [0.2, 0.25) is 0 Å². The predicted octanol–water partition coefficient (Wildman–Crippen LogP) is -0.622. The van der Waals surface area contributed by atoms with Crippen LogP contribution in [0.25, 0.3) is 0 Å². The molecule has 0 aromatic heterocycles. The van der Waals surface area contributed by atoms with Crippen LogP contribution < -0.4 is 0 Å². The molecule has 0 aliphatic heterocycles. The van der Waals surface area contributed by atoms with Crippen molar-refractivity contribution in [2.75, 3.05) is 0 Å². The Balaban J connectivity index is 3.33. The number of nitrogens with one attached hydrogen (secondary N) is 1. The van der Waals surface area contributed by atoms with Crippen LogP contribution in [0.1, 0.15) is 6.92 Å². The number of aliphatic hydroxyl groups is 2. The highest BCUT2D eigenvalue weighted by Gasteiger charge is 2.04. The third-order valence-corrected chi connectivity index (χ3v) is 0.665. The highest BCUT2D eigenvalue weighted by atomic mass is 16.3. The number of hydrogen-bond acceptors (Lipinski definition) is 3. The third kappa shape index (κ3) is 2.31. The lowest BCUT2D eigenvalue weighted by atomic mass is 10.2. The quantitative estimate of drug-likeness (QED) is 0.408. The average molecular weight is 103 g/mol. The molecule has 0 bridgehead atoms. The average Bonchev–Trinajstić information content (AvgIpc) is 1.65. The Morgan fingerprint density at radius 2 is 2.00 bits per heavy atom. The summed E-state index contributed by atoms with van der Waals surface area (Å²) in [6.45, 7) is 1.43. The summed E-state index contributed by atoms with van der Waals surface area (Å²) in [6, 6.07) is 0. The SMILES string of the molecule is CC(O)C(O)C=N. The lowest BCUT2D eigenvalue weighted by Gasteiger charge is -2.04. The summed E-state index contributed by atoms with van der Waals surface area (Å²) in [4.78, 5) is 0. The van der Waals surface area contributed by atoms with Crippen molar-refractivity contribution in [3.05, 3.63) is 0 Å². The molecule has 0 amide bonds. The van der Waals surface area contributed by atoms with Gasteiger partial charge in [-0.1, -0.05) is 0 Å². The molecular formula is C4H9NO2. The van der Waals surface area contributed by atoms with Crippen LogP contribution in [0, 0.1) is 5.41 Å². The summed E-state index contributed by atoms with van der Waals surface area (Å²) in [5.74, 6) is 0. The Morgan fingerprint density at radius 3 is 2.00 bits per heavy atom. The molecule has 0 aromatic carbocycles. The first-order valence-electron chi connectivity index (χ1n) is 2.05. The lowest BCUT2D eigenvalue weighted by molar-refractivity contribution is 0.0762. The van der Waals surface area contributed by atoms with E-state index in [1.807, 2.05) is 0 Å². The van der Waals surface area contributed by atoms with Crippen LogP contribution in [0.3, 0.4) is 0 Å². The van der Waals surface area contributed by atoms with Crippen LogP contribution in [-0.4, -0.2) is 28.6 Å². The zero-order chi connectivity index (χ0) is 5.86. The molecule has 0 saturated heterocycles. The van der Waals surface area contributed by atoms with Gasteiger partial charge in [-0.15, -0.1) is 0 Å². The molecule has 0 rings (SSSR count). The molecule has 3 N–H and O–H groups in total. The summed E-state index contributed by atoms with van der Waals surface area (Å²) in [5, 5.41) is 23.3. The van der Waals surface area contributed by atoms with Gasteiger partial charge in [-0.2, -0.15) is 0 Å². The Hall–Kier alpha value is -0.410. The Labute approximate surface area is 42.1 Å². The zero-order valence-electron chi connectivity index (χ0n) is 4.13. The van der Waals surface area contributed by atoms with E-state index < -0.39 is 12.2 Å². The van der Waals surface area contributed by atoms with Gasteiger partial charge in [0, 0.05) is 6.21 Å². The van der Waals surface area contributed by atoms with E-state index in [9.17, 15) is 0 Å². The minimum Gasteiger partial charge on any atom is -0.390 e. The van der Waals surface area contributed by atoms with E-state index in [2.05, 4.69) is 0 Å². The molecule has 0 saturated carbocycles. The van der Waals surface area contributed by atoms with Crippen molar-refractivity contribution in [3.63, 3.8) is 0 Å². The van der Waals surface area contributed by atoms with Crippen molar-refractivity contribution in [1.29, 1.82) is 5.41 Å². The summed E-state index contributed by atoms with van der Waals surface area (Å²) in [6.07, 6.45) is -1.03. The van der Waals surface area contributed by atoms with Crippen LogP contribution in [0.5, 0.6) is 0 Å². The van der Waals surface area contributed by atoms with Gasteiger partial charge in [0.05, 0.1) is 6.10 Å². The van der Waals surface area contributed by atoms with E-state index in [4.69, 9.17) is 15.6 Å². The van der Waals surface area contributed by atoms with Crippen LogP contribution in [-0.2, 0) is 0 Å². The lowest BCUT2D eigenvalue weighted by Crippen LogP contribution is -2.22. The van der Waals surface area contributed by atoms with Crippen LogP contribution in [0.15, 0.2) is 0 Å². The molecule has 42 valence electrons. The van der Waals surface area contributed by atoms with Gasteiger partial charge in [-0.3, -0.25) is 0 Å². The summed E-state index contributed by atoms with van der Waals surface area (Å²) < 4.78 is 0. The second-order valence-electron chi connectivity index (χ2n) is 1.40. The predicted molar refractivity (Wildman–Crippen MR) is 26.5 cm³/mol. The fraction of sp³-hybridized carbons (Fsp3) is 0.750. The number of hydrogen-bond donors (Lipinski definition) is 3. The molecule has 3 heteroatoms. The minimum absolute atomic E-state index is 0.796. The number of aliphatic hydroxyl groups excluding tert-OH is 2. The van der Waals surface area contributed by atoms with E-state index in [1.54, 1.807) is 0 Å². The van der Waals surface area contributed by atoms with Gasteiger partial charge in [0.25, 0.3) is 0 Å². The van der Waals surface area contributed by atoms with Crippen LogP contribution >= 0.6 is 0 Å². The van der Waals surface area contributed by atoms with E-state index in [0.29, 0.717) is 0 Å². The topological polar surface area (TPSA) is 64.3 Å². The molecule has 0 spiro atoms. The monoisotopic (exact) mass is 103 g/mol. The van der Waals surface area contributed by atoms with Gasteiger partial charge in [0.1, 0.15) is 6.10 Å². The van der Waals surface area contributed by atoms with Gasteiger partial charge >= 0.3 is 0 Å². The maximum absolute atomic E-state index is 8.44. The van der Waals surface area contributed by atoms with Crippen molar-refractivity contribution < 1.29 is 10.2 Å². The Kier molecular flexibility index (Phi) is 2.55. The maximum Gasteiger partial charge on any atom is 0.114 e. The molecule has 0 aromatic rings. The van der Waals surface area contributed by atoms with Gasteiger partial charge < -0.3 is 15.6 Å². The van der Waals surface area contributed by atoms with Gasteiger partial charge in [0.15, 0.2) is 0 Å². The molecule has 0 fully saturated rings. The van der Waals surface area contributed by atoms with Gasteiger partial charge in [-0.25, -0.2) is 0 Å². The molecule has 2 atom stereocenters. The summed E-state index contributed by atoms with van der Waals surface area (Å²) >= 11 is 0. The molecule has 0 aliphatic rings. The summed E-state index contributed by atoms with van der Waals surface area (Å²) in [7, 11) is 0. The van der Waals surface area contributed by atoms with Crippen molar-refractivity contribution in [2.45, 2.75) is 19.1 Å². The van der Waals surface area contributed by atoms with E-state index in [1.165, 1.54) is 6.92 Å². The highest BCUT2D eigenvalue weighted by Crippen LogP contribution is 1.84. The highest BCUT2D eigenvalue weighted by molar-refractivity contribution is 5.59. The van der Waals surface area contributed by atoms with E-state index >= 15 is 0 Å². The minimum atomic E-state index is -1.00. The fourth-order valence-electron chi connectivity index (χ4n) is 0.139. The first-order chi connectivity index (χ1) is 3.18. The molecule has 0 aliphatic carbocycles. The Bertz CT molecular complexity index is 62.7. The first kappa shape index (κ1) is 6.59. The molecule has 3 nitrogen and oxygen atoms in total. The van der Waals surface area contributed by atoms with Crippen molar-refractivity contribution >= 4 is 6.21 Å². The molecule has 7 heavy (non-hydrogen) atoms. The first-order valence-corrected chi connectivity index (χ1v) is 2.05. The second-order valence-corrected chi connectivity index (χ2v) is 1.40. The maximum atomic E-state index is 8.44. The van der Waals surface area contributed by atoms with E-state index in [-0.39, 0.29) is 0 Å². The number of rotatable bonds is 2. The van der Waals surface area contributed by atoms with Crippen molar-refractivity contribution in [2.24, 2.45) is 0 Å². The molecular weight excluding hydrogens is 94.0 g/mol. The second kappa shape index (κ2) is 2.71. The van der Waals surface area contributed by atoms with Gasteiger partial charge in [-0.05, 0) is 6.92 Å². The molecule has 0 radical (unpaired) electrons. The largest absolute Gasteiger partial charge is 0.390 e. The summed E-state index contributed by atoms with van der Waals surface area (Å²) in [5.41, 5.74) is 0.